The summed E-state index contributed by atoms with van der Waals surface area (Å²) >= 11 is 0. The maximum Gasteiger partial charge on any atom is 0.325 e. The average Bonchev–Trinajstić information content (AvgIpc) is 2.66. The van der Waals surface area contributed by atoms with E-state index in [-0.39, 0.29) is 11.9 Å². The Bertz CT molecular complexity index is 492. The maximum absolute atomic E-state index is 12.2. The number of imide groups is 1. The number of rotatable bonds is 2. The van der Waals surface area contributed by atoms with Gasteiger partial charge in [-0.2, -0.15) is 0 Å². The van der Waals surface area contributed by atoms with Gasteiger partial charge in [0.25, 0.3) is 5.91 Å². The Kier molecular flexibility index (Phi) is 3.01. The molecule has 3 rings (SSSR count). The molecule has 1 aliphatic heterocycles. The van der Waals surface area contributed by atoms with E-state index in [9.17, 15) is 9.59 Å². The Morgan fingerprint density at radius 1 is 1.05 bits per heavy atom. The van der Waals surface area contributed by atoms with Crippen molar-refractivity contribution in [1.29, 1.82) is 0 Å². The maximum atomic E-state index is 12.2. The molecule has 1 aromatic carbocycles. The molecule has 4 heteroatoms. The van der Waals surface area contributed by atoms with E-state index in [1.54, 1.807) is 4.90 Å². The van der Waals surface area contributed by atoms with Crippen LogP contribution >= 0.6 is 0 Å². The van der Waals surface area contributed by atoms with Crippen molar-refractivity contribution >= 4 is 11.9 Å². The summed E-state index contributed by atoms with van der Waals surface area (Å²) < 4.78 is 0. The van der Waals surface area contributed by atoms with Crippen LogP contribution in [0, 0.1) is 0 Å². The monoisotopic (exact) mass is 258 g/mol. The predicted molar refractivity (Wildman–Crippen MR) is 71.3 cm³/mol. The molecule has 1 aromatic rings. The van der Waals surface area contributed by atoms with Gasteiger partial charge < -0.3 is 4.90 Å². The molecule has 4 nitrogen and oxygen atoms in total. The number of amides is 3. The third-order valence-corrected chi connectivity index (χ3v) is 4.27. The van der Waals surface area contributed by atoms with Gasteiger partial charge in [-0.25, -0.2) is 4.79 Å². The van der Waals surface area contributed by atoms with E-state index >= 15 is 0 Å². The first-order valence-electron chi connectivity index (χ1n) is 6.89. The molecule has 0 aromatic heterocycles. The number of carbonyl (C=O) groups excluding carboxylic acids is 2. The van der Waals surface area contributed by atoms with E-state index in [2.05, 4.69) is 5.32 Å². The van der Waals surface area contributed by atoms with Crippen LogP contribution in [0.4, 0.5) is 4.79 Å². The third kappa shape index (κ3) is 2.01. The van der Waals surface area contributed by atoms with Crippen molar-refractivity contribution in [1.82, 2.24) is 10.2 Å². The summed E-state index contributed by atoms with van der Waals surface area (Å²) in [5.74, 6) is -0.104. The van der Waals surface area contributed by atoms with Crippen LogP contribution in [0.15, 0.2) is 30.3 Å². The van der Waals surface area contributed by atoms with E-state index in [0.29, 0.717) is 6.54 Å². The van der Waals surface area contributed by atoms with Gasteiger partial charge in [-0.05, 0) is 18.4 Å². The minimum atomic E-state index is -0.592. The second-order valence-corrected chi connectivity index (χ2v) is 5.42. The normalized spacial score (nSPS) is 21.8. The molecule has 2 aliphatic rings. The smallest absolute Gasteiger partial charge is 0.305 e. The molecule has 1 spiro atoms. The lowest BCUT2D eigenvalue weighted by Gasteiger charge is -2.38. The zero-order valence-electron chi connectivity index (χ0n) is 10.9. The van der Waals surface area contributed by atoms with E-state index in [4.69, 9.17) is 0 Å². The van der Waals surface area contributed by atoms with E-state index < -0.39 is 5.54 Å². The van der Waals surface area contributed by atoms with E-state index in [1.165, 1.54) is 0 Å². The highest BCUT2D eigenvalue weighted by Crippen LogP contribution is 2.37. The van der Waals surface area contributed by atoms with Crippen LogP contribution in [-0.4, -0.2) is 22.4 Å². The van der Waals surface area contributed by atoms with Gasteiger partial charge in [0.2, 0.25) is 0 Å². The molecule has 2 fully saturated rings. The summed E-state index contributed by atoms with van der Waals surface area (Å²) in [7, 11) is 0. The summed E-state index contributed by atoms with van der Waals surface area (Å²) in [6.07, 6.45) is 4.77. The minimum absolute atomic E-state index is 0.104. The van der Waals surface area contributed by atoms with Crippen molar-refractivity contribution in [3.05, 3.63) is 35.9 Å². The number of carbonyl (C=O) groups is 2. The van der Waals surface area contributed by atoms with Gasteiger partial charge in [0, 0.05) is 6.54 Å². The summed E-state index contributed by atoms with van der Waals surface area (Å²) in [5, 5.41) is 2.50. The van der Waals surface area contributed by atoms with Crippen LogP contribution in [-0.2, 0) is 11.3 Å². The molecule has 0 bridgehead atoms. The van der Waals surface area contributed by atoms with Crippen molar-refractivity contribution in [2.75, 3.05) is 0 Å². The molecular formula is C15H18N2O2. The highest BCUT2D eigenvalue weighted by molar-refractivity contribution is 6.07. The third-order valence-electron chi connectivity index (χ3n) is 4.27. The van der Waals surface area contributed by atoms with Crippen LogP contribution in [0.2, 0.25) is 0 Å². The van der Waals surface area contributed by atoms with Gasteiger partial charge in [-0.3, -0.25) is 10.1 Å². The molecule has 3 amide bonds. The number of nitrogens with zero attached hydrogens (tertiary/aromatic N) is 1. The van der Waals surface area contributed by atoms with Crippen LogP contribution in [0.5, 0.6) is 0 Å². The van der Waals surface area contributed by atoms with Gasteiger partial charge >= 0.3 is 6.03 Å². The lowest BCUT2D eigenvalue weighted by atomic mass is 9.80. The molecule has 1 saturated heterocycles. The molecule has 0 atom stereocenters. The standard InChI is InChI=1S/C15H18N2O2/c18-13-15(9-5-2-6-10-15)17(14(19)16-13)11-12-7-3-1-4-8-12/h1,3-4,7-8H,2,5-6,9-11H2,(H,16,18,19). The summed E-state index contributed by atoms with van der Waals surface area (Å²) in [5.41, 5.74) is 0.475. The number of nitrogens with one attached hydrogen (secondary N) is 1. The van der Waals surface area contributed by atoms with Crippen LogP contribution in [0.25, 0.3) is 0 Å². The Morgan fingerprint density at radius 3 is 2.42 bits per heavy atom. The zero-order valence-corrected chi connectivity index (χ0v) is 10.9. The quantitative estimate of drug-likeness (QED) is 0.828. The van der Waals surface area contributed by atoms with Crippen molar-refractivity contribution in [2.45, 2.75) is 44.2 Å². The molecule has 1 aliphatic carbocycles. The Morgan fingerprint density at radius 2 is 1.74 bits per heavy atom. The lowest BCUT2D eigenvalue weighted by molar-refractivity contribution is -0.128. The van der Waals surface area contributed by atoms with Gasteiger partial charge in [0.05, 0.1) is 0 Å². The molecule has 100 valence electrons. The molecule has 0 unspecified atom stereocenters. The second kappa shape index (κ2) is 4.68. The predicted octanol–water partition coefficient (Wildman–Crippen LogP) is 2.44. The summed E-state index contributed by atoms with van der Waals surface area (Å²) in [6, 6.07) is 9.61. The molecule has 1 heterocycles. The van der Waals surface area contributed by atoms with Crippen molar-refractivity contribution in [2.24, 2.45) is 0 Å². The summed E-state index contributed by atoms with van der Waals surface area (Å²) in [6.45, 7) is 0.512. The Hall–Kier alpha value is -1.84. The van der Waals surface area contributed by atoms with Gasteiger partial charge in [0.15, 0.2) is 0 Å². The average molecular weight is 258 g/mol. The second-order valence-electron chi connectivity index (χ2n) is 5.42. The lowest BCUT2D eigenvalue weighted by Crippen LogP contribution is -2.50. The molecule has 1 N–H and O–H groups in total. The molecule has 0 radical (unpaired) electrons. The highest BCUT2D eigenvalue weighted by atomic mass is 16.2. The molecule has 1 saturated carbocycles. The van der Waals surface area contributed by atoms with Crippen LogP contribution in [0.1, 0.15) is 37.7 Å². The number of hydrogen-bond donors (Lipinski definition) is 1. The van der Waals surface area contributed by atoms with Gasteiger partial charge in [0.1, 0.15) is 5.54 Å². The first-order valence-corrected chi connectivity index (χ1v) is 6.89. The number of hydrogen-bond acceptors (Lipinski definition) is 2. The number of urea groups is 1. The fourth-order valence-corrected chi connectivity index (χ4v) is 3.22. The zero-order chi connectivity index (χ0) is 13.3. The molecular weight excluding hydrogens is 240 g/mol. The highest BCUT2D eigenvalue weighted by Gasteiger charge is 2.52. The van der Waals surface area contributed by atoms with Crippen LogP contribution < -0.4 is 5.32 Å². The Labute approximate surface area is 112 Å². The first kappa shape index (κ1) is 12.2. The molecule has 19 heavy (non-hydrogen) atoms. The van der Waals surface area contributed by atoms with Crippen molar-refractivity contribution < 1.29 is 9.59 Å². The summed E-state index contributed by atoms with van der Waals surface area (Å²) in [4.78, 5) is 26.0. The fourth-order valence-electron chi connectivity index (χ4n) is 3.22. The largest absolute Gasteiger partial charge is 0.325 e. The van der Waals surface area contributed by atoms with Gasteiger partial charge in [-0.15, -0.1) is 0 Å². The minimum Gasteiger partial charge on any atom is -0.305 e. The van der Waals surface area contributed by atoms with E-state index in [0.717, 1.165) is 37.7 Å². The van der Waals surface area contributed by atoms with E-state index in [1.807, 2.05) is 30.3 Å². The van der Waals surface area contributed by atoms with Crippen molar-refractivity contribution in [3.8, 4) is 0 Å². The van der Waals surface area contributed by atoms with Crippen molar-refractivity contribution in [3.63, 3.8) is 0 Å². The Balaban J connectivity index is 1.88. The SMILES string of the molecule is O=C1NC(=O)C2(CCCCC2)N1Cc1ccccc1. The topological polar surface area (TPSA) is 49.4 Å². The number of benzene rings is 1. The fraction of sp³-hybridized carbons (Fsp3) is 0.467. The van der Waals surface area contributed by atoms with Crippen LogP contribution in [0.3, 0.4) is 0 Å². The first-order chi connectivity index (χ1) is 9.22. The van der Waals surface area contributed by atoms with Gasteiger partial charge in [-0.1, -0.05) is 49.6 Å².